The maximum Gasteiger partial charge on any atom is 0.240 e. The highest BCUT2D eigenvalue weighted by atomic mass is 35.5. The van der Waals surface area contributed by atoms with E-state index < -0.39 is 22.4 Å². The van der Waals surface area contributed by atoms with E-state index in [1.54, 1.807) is 11.8 Å². The number of hydrogen-bond acceptors (Lipinski definition) is 4. The predicted molar refractivity (Wildman–Crippen MR) is 84.8 cm³/mol. The fraction of sp³-hybridized carbons (Fsp3) is 0.538. The summed E-state index contributed by atoms with van der Waals surface area (Å²) in [5.74, 6) is 0.193. The Labute approximate surface area is 134 Å². The molecule has 0 aliphatic carbocycles. The van der Waals surface area contributed by atoms with Crippen LogP contribution >= 0.6 is 23.4 Å². The van der Waals surface area contributed by atoms with Crippen LogP contribution in [0.1, 0.15) is 24.8 Å². The van der Waals surface area contributed by atoms with Gasteiger partial charge in [0, 0.05) is 12.1 Å². The number of aliphatic hydroxyl groups is 1. The van der Waals surface area contributed by atoms with Gasteiger partial charge in [-0.05, 0) is 37.0 Å². The van der Waals surface area contributed by atoms with Gasteiger partial charge in [-0.3, -0.25) is 0 Å². The molecule has 1 rings (SSSR count). The van der Waals surface area contributed by atoms with Crippen LogP contribution in [-0.2, 0) is 16.6 Å². The topological polar surface area (TPSA) is 66.4 Å². The van der Waals surface area contributed by atoms with Crippen molar-refractivity contribution < 1.29 is 17.9 Å². The highest BCUT2D eigenvalue weighted by molar-refractivity contribution is 7.98. The van der Waals surface area contributed by atoms with Crippen molar-refractivity contribution in [2.24, 2.45) is 0 Å². The van der Waals surface area contributed by atoms with E-state index in [-0.39, 0.29) is 15.5 Å². The minimum Gasteiger partial charge on any atom is -0.392 e. The molecule has 0 aromatic heterocycles. The first kappa shape index (κ1) is 18.7. The van der Waals surface area contributed by atoms with E-state index in [0.29, 0.717) is 6.54 Å². The van der Waals surface area contributed by atoms with Gasteiger partial charge in [-0.15, -0.1) is 0 Å². The number of benzene rings is 1. The molecule has 0 saturated heterocycles. The molecule has 0 fully saturated rings. The molecule has 0 spiro atoms. The molecule has 8 heteroatoms. The van der Waals surface area contributed by atoms with Crippen molar-refractivity contribution in [3.63, 3.8) is 0 Å². The van der Waals surface area contributed by atoms with Crippen molar-refractivity contribution in [1.82, 2.24) is 4.72 Å². The highest BCUT2D eigenvalue weighted by Crippen LogP contribution is 2.24. The number of nitrogens with one attached hydrogen (secondary N) is 1. The molecule has 0 aliphatic rings. The van der Waals surface area contributed by atoms with Crippen molar-refractivity contribution in [2.45, 2.75) is 30.8 Å². The molecule has 0 unspecified atom stereocenters. The molecule has 1 aromatic carbocycles. The fourth-order valence-corrected chi connectivity index (χ4v) is 3.52. The Kier molecular flexibility index (Phi) is 7.97. The van der Waals surface area contributed by atoms with E-state index in [2.05, 4.69) is 4.72 Å². The van der Waals surface area contributed by atoms with Gasteiger partial charge < -0.3 is 5.11 Å². The maximum atomic E-state index is 13.5. The second-order valence-corrected chi connectivity index (χ2v) is 7.62. The first-order valence-corrected chi connectivity index (χ1v) is 9.75. The van der Waals surface area contributed by atoms with Crippen LogP contribution < -0.4 is 4.72 Å². The van der Waals surface area contributed by atoms with Crippen LogP contribution in [0.5, 0.6) is 0 Å². The normalized spacial score (nSPS) is 11.8. The first-order chi connectivity index (χ1) is 9.92. The van der Waals surface area contributed by atoms with Gasteiger partial charge in [-0.25, -0.2) is 17.5 Å². The predicted octanol–water partition coefficient (Wildman–Crippen LogP) is 2.78. The molecule has 120 valence electrons. The van der Waals surface area contributed by atoms with E-state index in [9.17, 15) is 12.8 Å². The minimum atomic E-state index is -3.79. The van der Waals surface area contributed by atoms with Gasteiger partial charge in [0.1, 0.15) is 5.82 Å². The summed E-state index contributed by atoms with van der Waals surface area (Å²) in [6.45, 7) is -0.219. The largest absolute Gasteiger partial charge is 0.392 e. The summed E-state index contributed by atoms with van der Waals surface area (Å²) >= 11 is 7.39. The number of hydrogen-bond donors (Lipinski definition) is 2. The molecule has 0 heterocycles. The molecule has 0 radical (unpaired) electrons. The summed E-state index contributed by atoms with van der Waals surface area (Å²) in [6.07, 6.45) is 4.71. The van der Waals surface area contributed by atoms with Crippen LogP contribution in [0.15, 0.2) is 17.0 Å². The Morgan fingerprint density at radius 3 is 2.67 bits per heavy atom. The Balaban J connectivity index is 2.68. The Bertz CT molecular complexity index is 567. The van der Waals surface area contributed by atoms with Crippen LogP contribution in [0.2, 0.25) is 5.02 Å². The molecular weight excluding hydrogens is 337 g/mol. The number of thioether (sulfide) groups is 1. The zero-order valence-corrected chi connectivity index (χ0v) is 14.1. The average Bonchev–Trinajstić information content (AvgIpc) is 2.45. The quantitative estimate of drug-likeness (QED) is 0.668. The standard InChI is InChI=1S/C13H19ClFNO3S2/c1-20-6-4-2-3-5-16-21(18,19)11-7-10(9-17)13(14)12(15)8-11/h7-8,16-17H,2-6,9H2,1H3. The molecule has 0 aliphatic heterocycles. The monoisotopic (exact) mass is 355 g/mol. The van der Waals surface area contributed by atoms with Crippen LogP contribution in [0.25, 0.3) is 0 Å². The molecular formula is C13H19ClFNO3S2. The molecule has 0 atom stereocenters. The zero-order valence-electron chi connectivity index (χ0n) is 11.7. The number of sulfonamides is 1. The highest BCUT2D eigenvalue weighted by Gasteiger charge is 2.18. The van der Waals surface area contributed by atoms with E-state index in [1.165, 1.54) is 6.07 Å². The summed E-state index contributed by atoms with van der Waals surface area (Å²) in [4.78, 5) is -0.224. The van der Waals surface area contributed by atoms with Gasteiger partial charge in [-0.2, -0.15) is 11.8 Å². The Morgan fingerprint density at radius 2 is 2.05 bits per heavy atom. The first-order valence-electron chi connectivity index (χ1n) is 6.49. The van der Waals surface area contributed by atoms with Gasteiger partial charge in [-0.1, -0.05) is 18.0 Å². The molecule has 1 aromatic rings. The third-order valence-corrected chi connectivity index (χ3v) is 5.44. The third-order valence-electron chi connectivity index (χ3n) is 2.88. The van der Waals surface area contributed by atoms with Crippen molar-refractivity contribution >= 4 is 33.4 Å². The Hall–Kier alpha value is -0.340. The fourth-order valence-electron chi connectivity index (χ4n) is 1.73. The molecule has 0 bridgehead atoms. The molecule has 4 nitrogen and oxygen atoms in total. The molecule has 21 heavy (non-hydrogen) atoms. The summed E-state index contributed by atoms with van der Waals surface area (Å²) in [5.41, 5.74) is 0.0528. The van der Waals surface area contributed by atoms with Crippen LogP contribution in [0.3, 0.4) is 0 Å². The van der Waals surface area contributed by atoms with Gasteiger partial charge in [0.05, 0.1) is 16.5 Å². The lowest BCUT2D eigenvalue weighted by molar-refractivity contribution is 0.281. The Morgan fingerprint density at radius 1 is 1.33 bits per heavy atom. The zero-order chi connectivity index (χ0) is 15.9. The lowest BCUT2D eigenvalue weighted by atomic mass is 10.2. The molecule has 0 saturated carbocycles. The van der Waals surface area contributed by atoms with E-state index in [1.807, 2.05) is 6.26 Å². The second kappa shape index (κ2) is 8.95. The number of rotatable bonds is 9. The van der Waals surface area contributed by atoms with Gasteiger partial charge >= 0.3 is 0 Å². The lowest BCUT2D eigenvalue weighted by Gasteiger charge is -2.09. The number of unbranched alkanes of at least 4 members (excludes halogenated alkanes) is 2. The maximum absolute atomic E-state index is 13.5. The summed E-state index contributed by atoms with van der Waals surface area (Å²) in [6, 6.07) is 2.04. The number of halogens is 2. The third kappa shape index (κ3) is 5.75. The summed E-state index contributed by atoms with van der Waals surface area (Å²) in [5, 5.41) is 8.81. The lowest BCUT2D eigenvalue weighted by Crippen LogP contribution is -2.25. The van der Waals surface area contributed by atoms with Crippen molar-refractivity contribution in [3.05, 3.63) is 28.5 Å². The summed E-state index contributed by atoms with van der Waals surface area (Å²) in [7, 11) is -3.79. The van der Waals surface area contributed by atoms with E-state index in [0.717, 1.165) is 31.1 Å². The van der Waals surface area contributed by atoms with E-state index >= 15 is 0 Å². The van der Waals surface area contributed by atoms with E-state index in [4.69, 9.17) is 16.7 Å². The second-order valence-electron chi connectivity index (χ2n) is 4.49. The number of aliphatic hydroxyl groups excluding tert-OH is 1. The summed E-state index contributed by atoms with van der Waals surface area (Å²) < 4.78 is 40.1. The SMILES string of the molecule is CSCCCCCNS(=O)(=O)c1cc(F)c(Cl)c(CO)c1. The van der Waals surface area contributed by atoms with Crippen molar-refractivity contribution in [2.75, 3.05) is 18.6 Å². The molecule has 2 N–H and O–H groups in total. The van der Waals surface area contributed by atoms with Crippen LogP contribution in [0, 0.1) is 5.82 Å². The van der Waals surface area contributed by atoms with Crippen LogP contribution in [0.4, 0.5) is 4.39 Å². The van der Waals surface area contributed by atoms with Gasteiger partial charge in [0.2, 0.25) is 10.0 Å². The van der Waals surface area contributed by atoms with Gasteiger partial charge in [0.15, 0.2) is 0 Å². The average molecular weight is 356 g/mol. The minimum absolute atomic E-state index is 0.0528. The smallest absolute Gasteiger partial charge is 0.240 e. The molecule has 0 amide bonds. The van der Waals surface area contributed by atoms with Gasteiger partial charge in [0.25, 0.3) is 0 Å². The van der Waals surface area contributed by atoms with Crippen LogP contribution in [-0.4, -0.2) is 32.1 Å². The van der Waals surface area contributed by atoms with Crippen molar-refractivity contribution in [3.8, 4) is 0 Å². The van der Waals surface area contributed by atoms with Crippen molar-refractivity contribution in [1.29, 1.82) is 0 Å².